The quantitative estimate of drug-likeness (QED) is 0.169. The lowest BCUT2D eigenvalue weighted by atomic mass is 9.93. The van der Waals surface area contributed by atoms with Crippen LogP contribution < -0.4 is 0 Å². The van der Waals surface area contributed by atoms with Crippen molar-refractivity contribution in [2.45, 2.75) is 0 Å². The number of aromatic nitrogens is 4. The molecule has 0 unspecified atom stereocenters. The van der Waals surface area contributed by atoms with E-state index in [1.807, 2.05) is 72.0 Å². The minimum absolute atomic E-state index is 0.648. The Morgan fingerprint density at radius 2 is 0.857 bits per heavy atom. The van der Waals surface area contributed by atoms with Gasteiger partial charge in [0.2, 0.25) is 0 Å². The number of thiophene rings is 1. The Kier molecular flexibility index (Phi) is 6.76. The first-order chi connectivity index (χ1) is 27.8. The smallest absolute Gasteiger partial charge is 0.164 e. The molecule has 0 saturated carbocycles. The lowest BCUT2D eigenvalue weighted by Gasteiger charge is -2.15. The average molecular weight is 731 g/mol. The number of fused-ring (bicyclic) bond motifs is 13. The molecule has 12 rings (SSSR count). The van der Waals surface area contributed by atoms with Crippen molar-refractivity contribution in [3.63, 3.8) is 0 Å². The third-order valence-corrected chi connectivity index (χ3v) is 12.4. The molecule has 9 aromatic carbocycles. The molecule has 12 aromatic rings. The van der Waals surface area contributed by atoms with E-state index in [9.17, 15) is 0 Å². The van der Waals surface area contributed by atoms with Crippen molar-refractivity contribution >= 4 is 85.6 Å². The lowest BCUT2D eigenvalue weighted by Crippen LogP contribution is -2.00. The molecule has 4 nitrogen and oxygen atoms in total. The molecule has 0 aliphatic carbocycles. The summed E-state index contributed by atoms with van der Waals surface area (Å²) in [6.45, 7) is 0. The molecule has 0 bridgehead atoms. The highest BCUT2D eigenvalue weighted by Gasteiger charge is 2.19. The summed E-state index contributed by atoms with van der Waals surface area (Å²) >= 11 is 1.89. The van der Waals surface area contributed by atoms with E-state index in [1.165, 1.54) is 74.3 Å². The molecule has 5 heteroatoms. The molecule has 0 aliphatic rings. The van der Waals surface area contributed by atoms with Crippen molar-refractivity contribution in [3.8, 4) is 39.9 Å². The number of hydrogen-bond acceptors (Lipinski definition) is 4. The molecule has 0 saturated heterocycles. The van der Waals surface area contributed by atoms with Crippen LogP contribution in [0.5, 0.6) is 0 Å². The molecule has 0 aliphatic heterocycles. The fraction of sp³-hybridized carbons (Fsp3) is 0. The highest BCUT2D eigenvalue weighted by atomic mass is 32.1. The Bertz CT molecular complexity index is 3470. The summed E-state index contributed by atoms with van der Waals surface area (Å²) in [6, 6.07) is 64.9. The number of para-hydroxylation sites is 1. The van der Waals surface area contributed by atoms with Crippen LogP contribution in [0.4, 0.5) is 0 Å². The molecule has 3 heterocycles. The SMILES string of the molecule is c1ccc(-c2nc(-c3ccccc3)nc(-c3ccc4c5ccccc5c5cc(-n6c7ccccc7c7c8sc9ccccc9c8ccc76)ccc5c4c3)n2)cc1. The largest absolute Gasteiger partial charge is 0.309 e. The number of benzene rings is 9. The maximum Gasteiger partial charge on any atom is 0.164 e. The Morgan fingerprint density at radius 3 is 1.59 bits per heavy atom. The lowest BCUT2D eigenvalue weighted by molar-refractivity contribution is 1.07. The first kappa shape index (κ1) is 31.2. The second-order valence-corrected chi connectivity index (χ2v) is 15.4. The van der Waals surface area contributed by atoms with Gasteiger partial charge >= 0.3 is 0 Å². The monoisotopic (exact) mass is 730 g/mol. The van der Waals surface area contributed by atoms with Crippen LogP contribution in [0.3, 0.4) is 0 Å². The predicted octanol–water partition coefficient (Wildman–Crippen LogP) is 13.8. The summed E-state index contributed by atoms with van der Waals surface area (Å²) in [4.78, 5) is 15.1. The fourth-order valence-electron chi connectivity index (χ4n) is 8.67. The summed E-state index contributed by atoms with van der Waals surface area (Å²) in [6.07, 6.45) is 0. The normalized spacial score (nSPS) is 11.9. The van der Waals surface area contributed by atoms with Crippen molar-refractivity contribution in [1.29, 1.82) is 0 Å². The topological polar surface area (TPSA) is 43.6 Å². The standard InChI is InChI=1S/C51H30N4S/c1-3-13-31(14-4-1)49-52-50(32-15-5-2-6-16-32)54-51(53-49)33-23-25-37-35-17-7-8-18-36(35)43-30-34(24-26-38(43)42(37)29-33)55-44-21-11-9-20-41(44)47-45(55)28-27-40-39-19-10-12-22-46(39)56-48(40)47/h1-30H. The molecule has 0 amide bonds. The van der Waals surface area contributed by atoms with Gasteiger partial charge in [-0.1, -0.05) is 146 Å². The van der Waals surface area contributed by atoms with Gasteiger partial charge in [0.1, 0.15) is 0 Å². The predicted molar refractivity (Wildman–Crippen MR) is 236 cm³/mol. The zero-order chi connectivity index (χ0) is 36.7. The van der Waals surface area contributed by atoms with Gasteiger partial charge in [0, 0.05) is 53.3 Å². The van der Waals surface area contributed by atoms with Gasteiger partial charge in [0.05, 0.1) is 11.0 Å². The van der Waals surface area contributed by atoms with E-state index in [4.69, 9.17) is 15.0 Å². The van der Waals surface area contributed by atoms with Crippen LogP contribution in [0.2, 0.25) is 0 Å². The summed E-state index contributed by atoms with van der Waals surface area (Å²) in [5.41, 5.74) is 6.42. The maximum atomic E-state index is 5.07. The summed E-state index contributed by atoms with van der Waals surface area (Å²) in [5.74, 6) is 1.96. The van der Waals surface area contributed by atoms with Gasteiger partial charge < -0.3 is 4.57 Å². The van der Waals surface area contributed by atoms with Gasteiger partial charge in [-0.2, -0.15) is 0 Å². The molecule has 0 spiro atoms. The first-order valence-corrected chi connectivity index (χ1v) is 19.7. The van der Waals surface area contributed by atoms with Crippen LogP contribution in [0.15, 0.2) is 182 Å². The van der Waals surface area contributed by atoms with Crippen molar-refractivity contribution in [2.75, 3.05) is 0 Å². The van der Waals surface area contributed by atoms with Crippen molar-refractivity contribution in [3.05, 3.63) is 182 Å². The fourth-order valence-corrected chi connectivity index (χ4v) is 9.93. The molecule has 0 fully saturated rings. The Hall–Kier alpha value is -7.21. The van der Waals surface area contributed by atoms with Crippen LogP contribution in [0.1, 0.15) is 0 Å². The number of hydrogen-bond donors (Lipinski definition) is 0. The molecule has 260 valence electrons. The van der Waals surface area contributed by atoms with Crippen LogP contribution in [-0.4, -0.2) is 19.5 Å². The van der Waals surface area contributed by atoms with E-state index in [0.29, 0.717) is 17.5 Å². The molecule has 3 aromatic heterocycles. The number of nitrogens with zero attached hydrogens (tertiary/aromatic N) is 4. The first-order valence-electron chi connectivity index (χ1n) is 18.9. The average Bonchev–Trinajstić information content (AvgIpc) is 3.82. The second kappa shape index (κ2) is 12.2. The van der Waals surface area contributed by atoms with E-state index in [0.717, 1.165) is 22.4 Å². The summed E-state index contributed by atoms with van der Waals surface area (Å²) < 4.78 is 5.11. The van der Waals surface area contributed by atoms with E-state index in [1.54, 1.807) is 0 Å². The van der Waals surface area contributed by atoms with Crippen LogP contribution in [0.25, 0.3) is 114 Å². The third kappa shape index (κ3) is 4.68. The molecular formula is C51H30N4S. The van der Waals surface area contributed by atoms with Gasteiger partial charge in [-0.05, 0) is 68.7 Å². The summed E-state index contributed by atoms with van der Waals surface area (Å²) in [7, 11) is 0. The highest BCUT2D eigenvalue weighted by Crippen LogP contribution is 2.44. The van der Waals surface area contributed by atoms with Crippen molar-refractivity contribution < 1.29 is 0 Å². The van der Waals surface area contributed by atoms with Crippen molar-refractivity contribution in [1.82, 2.24) is 19.5 Å². The van der Waals surface area contributed by atoms with E-state index >= 15 is 0 Å². The Balaban J connectivity index is 1.10. The van der Waals surface area contributed by atoms with Crippen molar-refractivity contribution in [2.24, 2.45) is 0 Å². The zero-order valence-corrected chi connectivity index (χ0v) is 30.8. The van der Waals surface area contributed by atoms with Gasteiger partial charge in [-0.3, -0.25) is 0 Å². The van der Waals surface area contributed by atoms with Gasteiger partial charge in [0.15, 0.2) is 17.5 Å². The molecule has 0 atom stereocenters. The molecule has 0 radical (unpaired) electrons. The third-order valence-electron chi connectivity index (χ3n) is 11.2. The highest BCUT2D eigenvalue weighted by molar-refractivity contribution is 7.26. The second-order valence-electron chi connectivity index (χ2n) is 14.4. The summed E-state index contributed by atoms with van der Waals surface area (Å²) in [5, 5.41) is 12.4. The molecule has 0 N–H and O–H groups in total. The van der Waals surface area contributed by atoms with E-state index in [2.05, 4.69) is 126 Å². The van der Waals surface area contributed by atoms with Crippen LogP contribution >= 0.6 is 11.3 Å². The van der Waals surface area contributed by atoms with E-state index < -0.39 is 0 Å². The maximum absolute atomic E-state index is 5.07. The molecule has 56 heavy (non-hydrogen) atoms. The van der Waals surface area contributed by atoms with Crippen LogP contribution in [0, 0.1) is 0 Å². The number of rotatable bonds is 4. The van der Waals surface area contributed by atoms with E-state index in [-0.39, 0.29) is 0 Å². The minimum Gasteiger partial charge on any atom is -0.309 e. The van der Waals surface area contributed by atoms with Gasteiger partial charge in [-0.15, -0.1) is 11.3 Å². The zero-order valence-electron chi connectivity index (χ0n) is 30.0. The van der Waals surface area contributed by atoms with Crippen LogP contribution in [-0.2, 0) is 0 Å². The van der Waals surface area contributed by atoms with Gasteiger partial charge in [0.25, 0.3) is 0 Å². The Morgan fingerprint density at radius 1 is 0.339 bits per heavy atom. The molecular weight excluding hydrogens is 701 g/mol. The Labute approximate surface area is 325 Å². The van der Waals surface area contributed by atoms with Gasteiger partial charge in [-0.25, -0.2) is 15.0 Å². The minimum atomic E-state index is 0.648.